The maximum absolute atomic E-state index is 13.7. The van der Waals surface area contributed by atoms with E-state index in [4.69, 9.17) is 4.74 Å². The average Bonchev–Trinajstić information content (AvgIpc) is 3.72. The van der Waals surface area contributed by atoms with E-state index in [2.05, 4.69) is 17.4 Å². The molecule has 5 nitrogen and oxygen atoms in total. The topological polar surface area (TPSA) is 58.6 Å². The monoisotopic (exact) mass is 454 g/mol. The zero-order valence-corrected chi connectivity index (χ0v) is 19.4. The number of amides is 2. The van der Waals surface area contributed by atoms with Crippen LogP contribution in [0.1, 0.15) is 58.3 Å². The zero-order chi connectivity index (χ0) is 23.5. The Hall–Kier alpha value is -3.60. The first-order valence-electron chi connectivity index (χ1n) is 12.0. The molecule has 1 aliphatic heterocycles. The van der Waals surface area contributed by atoms with Crippen molar-refractivity contribution in [3.63, 3.8) is 0 Å². The van der Waals surface area contributed by atoms with Gasteiger partial charge in [0.05, 0.1) is 19.1 Å². The smallest absolute Gasteiger partial charge is 0.254 e. The molecule has 0 aromatic heterocycles. The molecule has 0 bridgehead atoms. The lowest BCUT2D eigenvalue weighted by Gasteiger charge is -2.42. The number of hydrogen-bond acceptors (Lipinski definition) is 3. The number of nitrogens with one attached hydrogen (secondary N) is 1. The molecular weight excluding hydrogens is 424 g/mol. The predicted octanol–water partition coefficient (Wildman–Crippen LogP) is 4.89. The summed E-state index contributed by atoms with van der Waals surface area (Å²) in [6, 6.07) is 25.5. The Morgan fingerprint density at radius 1 is 1.00 bits per heavy atom. The van der Waals surface area contributed by atoms with E-state index in [1.54, 1.807) is 7.11 Å². The molecule has 2 atom stereocenters. The fourth-order valence-corrected chi connectivity index (χ4v) is 5.03. The highest BCUT2D eigenvalue weighted by atomic mass is 16.5. The van der Waals surface area contributed by atoms with Gasteiger partial charge in [0.2, 0.25) is 5.91 Å². The second-order valence-corrected chi connectivity index (χ2v) is 9.11. The molecule has 2 amide bonds. The number of fused-ring (bicyclic) bond motifs is 1. The first kappa shape index (κ1) is 22.2. The standard InChI is InChI=1S/C29H30N2O3/c1-34-23-13-7-12-21(19-23)27-26(28(32)30-18-8-11-20-9-3-2-4-10-20)24-14-5-6-15-25(24)29(33)31(27)22-16-17-22/h2-7,9-10,12-15,19,22,26-27H,8,11,16-18H2,1H3,(H,30,32). The minimum absolute atomic E-state index is 0.0130. The number of methoxy groups -OCH3 is 1. The number of carbonyl (C=O) groups excluding carboxylic acids is 2. The molecule has 3 aromatic rings. The second-order valence-electron chi connectivity index (χ2n) is 9.11. The number of aryl methyl sites for hydroxylation is 1. The molecular formula is C29H30N2O3. The number of ether oxygens (including phenoxy) is 1. The van der Waals surface area contributed by atoms with Crippen molar-refractivity contribution in [2.24, 2.45) is 0 Å². The number of carbonyl (C=O) groups is 2. The minimum atomic E-state index is -0.474. The number of nitrogens with zero attached hydrogens (tertiary/aromatic N) is 1. The van der Waals surface area contributed by atoms with Gasteiger partial charge < -0.3 is 15.0 Å². The van der Waals surface area contributed by atoms with E-state index in [0.717, 1.165) is 42.6 Å². The van der Waals surface area contributed by atoms with Gasteiger partial charge in [0.15, 0.2) is 0 Å². The lowest BCUT2D eigenvalue weighted by Crippen LogP contribution is -2.48. The maximum atomic E-state index is 13.7. The molecule has 0 radical (unpaired) electrons. The largest absolute Gasteiger partial charge is 0.497 e. The van der Waals surface area contributed by atoms with Gasteiger partial charge in [-0.2, -0.15) is 0 Å². The van der Waals surface area contributed by atoms with Gasteiger partial charge in [0.1, 0.15) is 5.75 Å². The summed E-state index contributed by atoms with van der Waals surface area (Å²) in [4.78, 5) is 29.3. The summed E-state index contributed by atoms with van der Waals surface area (Å²) in [5.74, 6) is 0.227. The SMILES string of the molecule is COc1cccc(C2C(C(=O)NCCCc3ccccc3)c3ccccc3C(=O)N2C2CC2)c1. The van der Waals surface area contributed by atoms with Crippen molar-refractivity contribution in [2.75, 3.05) is 13.7 Å². The van der Waals surface area contributed by atoms with Gasteiger partial charge in [-0.1, -0.05) is 60.7 Å². The van der Waals surface area contributed by atoms with E-state index in [1.165, 1.54) is 5.56 Å². The van der Waals surface area contributed by atoms with E-state index in [-0.39, 0.29) is 23.9 Å². The molecule has 2 aliphatic rings. The molecule has 1 saturated carbocycles. The van der Waals surface area contributed by atoms with Crippen molar-refractivity contribution < 1.29 is 14.3 Å². The van der Waals surface area contributed by atoms with Crippen LogP contribution in [0.5, 0.6) is 5.75 Å². The first-order chi connectivity index (χ1) is 16.7. The van der Waals surface area contributed by atoms with E-state index < -0.39 is 5.92 Å². The highest BCUT2D eigenvalue weighted by Gasteiger charge is 2.49. The Labute approximate surface area is 200 Å². The van der Waals surface area contributed by atoms with Crippen LogP contribution in [0.15, 0.2) is 78.9 Å². The van der Waals surface area contributed by atoms with Crippen molar-refractivity contribution in [2.45, 2.75) is 43.7 Å². The summed E-state index contributed by atoms with van der Waals surface area (Å²) in [6.45, 7) is 0.592. The van der Waals surface area contributed by atoms with Crippen molar-refractivity contribution in [1.29, 1.82) is 0 Å². The molecule has 1 fully saturated rings. The van der Waals surface area contributed by atoms with Gasteiger partial charge in [-0.15, -0.1) is 0 Å². The van der Waals surface area contributed by atoms with Gasteiger partial charge >= 0.3 is 0 Å². The molecule has 2 unspecified atom stereocenters. The van der Waals surface area contributed by atoms with Crippen LogP contribution in [0, 0.1) is 0 Å². The maximum Gasteiger partial charge on any atom is 0.254 e. The van der Waals surface area contributed by atoms with Gasteiger partial charge in [0.25, 0.3) is 5.91 Å². The van der Waals surface area contributed by atoms with Crippen LogP contribution in [0.25, 0.3) is 0 Å². The van der Waals surface area contributed by atoms with Crippen molar-refractivity contribution in [1.82, 2.24) is 10.2 Å². The normalized spacial score (nSPS) is 19.4. The quantitative estimate of drug-likeness (QED) is 0.493. The molecule has 0 saturated heterocycles. The Morgan fingerprint density at radius 3 is 2.53 bits per heavy atom. The molecule has 174 valence electrons. The van der Waals surface area contributed by atoms with Gasteiger partial charge in [-0.05, 0) is 60.6 Å². The second kappa shape index (κ2) is 9.72. The highest BCUT2D eigenvalue weighted by molar-refractivity contribution is 6.01. The Kier molecular flexibility index (Phi) is 6.35. The van der Waals surface area contributed by atoms with Crippen molar-refractivity contribution >= 4 is 11.8 Å². The van der Waals surface area contributed by atoms with Gasteiger partial charge in [0, 0.05) is 18.2 Å². The molecule has 0 spiro atoms. The third-order valence-electron chi connectivity index (χ3n) is 6.82. The molecule has 1 aliphatic carbocycles. The summed E-state index contributed by atoms with van der Waals surface area (Å²) in [6.07, 6.45) is 3.72. The summed E-state index contributed by atoms with van der Waals surface area (Å²) in [5.41, 5.74) is 3.63. The van der Waals surface area contributed by atoms with E-state index in [9.17, 15) is 9.59 Å². The third kappa shape index (κ3) is 4.43. The lowest BCUT2D eigenvalue weighted by molar-refractivity contribution is -0.124. The predicted molar refractivity (Wildman–Crippen MR) is 132 cm³/mol. The summed E-state index contributed by atoms with van der Waals surface area (Å²) < 4.78 is 5.47. The fourth-order valence-electron chi connectivity index (χ4n) is 5.03. The van der Waals surface area contributed by atoms with Crippen LogP contribution in [0.3, 0.4) is 0 Å². The Bertz CT molecular complexity index is 1170. The van der Waals surface area contributed by atoms with Crippen LogP contribution in [0.4, 0.5) is 0 Å². The van der Waals surface area contributed by atoms with E-state index in [0.29, 0.717) is 12.1 Å². The molecule has 34 heavy (non-hydrogen) atoms. The third-order valence-corrected chi connectivity index (χ3v) is 6.82. The summed E-state index contributed by atoms with van der Waals surface area (Å²) in [7, 11) is 1.63. The van der Waals surface area contributed by atoms with E-state index in [1.807, 2.05) is 71.6 Å². The molecule has 5 heteroatoms. The highest BCUT2D eigenvalue weighted by Crippen LogP contribution is 2.48. The number of benzene rings is 3. The van der Waals surface area contributed by atoms with Gasteiger partial charge in [-0.3, -0.25) is 9.59 Å². The van der Waals surface area contributed by atoms with Crippen LogP contribution < -0.4 is 10.1 Å². The fraction of sp³-hybridized carbons (Fsp3) is 0.310. The number of rotatable bonds is 8. The molecule has 5 rings (SSSR count). The lowest BCUT2D eigenvalue weighted by atomic mass is 9.79. The van der Waals surface area contributed by atoms with Crippen molar-refractivity contribution in [3.8, 4) is 5.75 Å². The molecule has 3 aromatic carbocycles. The Morgan fingerprint density at radius 2 is 1.76 bits per heavy atom. The van der Waals surface area contributed by atoms with Crippen LogP contribution in [0.2, 0.25) is 0 Å². The average molecular weight is 455 g/mol. The first-order valence-corrected chi connectivity index (χ1v) is 12.0. The van der Waals surface area contributed by atoms with Crippen molar-refractivity contribution in [3.05, 3.63) is 101 Å². The van der Waals surface area contributed by atoms with E-state index >= 15 is 0 Å². The van der Waals surface area contributed by atoms with Gasteiger partial charge in [-0.25, -0.2) is 0 Å². The molecule has 1 N–H and O–H groups in total. The van der Waals surface area contributed by atoms with Crippen LogP contribution >= 0.6 is 0 Å². The molecule has 1 heterocycles. The van der Waals surface area contributed by atoms with Crippen LogP contribution in [-0.4, -0.2) is 36.4 Å². The Balaban J connectivity index is 1.45. The summed E-state index contributed by atoms with van der Waals surface area (Å²) >= 11 is 0. The minimum Gasteiger partial charge on any atom is -0.497 e. The number of hydrogen-bond donors (Lipinski definition) is 1. The summed E-state index contributed by atoms with van der Waals surface area (Å²) in [5, 5.41) is 3.18. The zero-order valence-electron chi connectivity index (χ0n) is 19.4. The van der Waals surface area contributed by atoms with Crippen LogP contribution in [-0.2, 0) is 11.2 Å².